The van der Waals surface area contributed by atoms with Crippen molar-refractivity contribution >= 4 is 28.9 Å². The molecule has 7 atom stereocenters. The van der Waals surface area contributed by atoms with Gasteiger partial charge in [0.2, 0.25) is 5.95 Å². The quantitative estimate of drug-likeness (QED) is 0.166. The topological polar surface area (TPSA) is 104 Å². The summed E-state index contributed by atoms with van der Waals surface area (Å²) in [5.41, 5.74) is 8.89. The summed E-state index contributed by atoms with van der Waals surface area (Å²) in [6, 6.07) is 14.2. The Morgan fingerprint density at radius 3 is 2.40 bits per heavy atom. The van der Waals surface area contributed by atoms with Crippen molar-refractivity contribution in [3.63, 3.8) is 0 Å². The molecule has 3 N–H and O–H groups in total. The first-order chi connectivity index (χ1) is 25.0. The summed E-state index contributed by atoms with van der Waals surface area (Å²) < 4.78 is 4.51. The molecule has 1 amide bonds. The number of benzene rings is 2. The number of hydrogen-bond donors (Lipinski definition) is 3. The number of H-pyrrole nitrogens is 1. The van der Waals surface area contributed by atoms with E-state index in [2.05, 4.69) is 81.5 Å². The third-order valence-electron chi connectivity index (χ3n) is 14.8. The number of amides is 1. The van der Waals surface area contributed by atoms with Crippen LogP contribution >= 0.6 is 0 Å². The molecule has 7 rings (SSSR count). The Morgan fingerprint density at radius 2 is 1.70 bits per heavy atom. The van der Waals surface area contributed by atoms with Crippen molar-refractivity contribution in [1.29, 1.82) is 0 Å². The molecule has 3 aromatic rings. The zero-order valence-corrected chi connectivity index (χ0v) is 33.7. The van der Waals surface area contributed by atoms with Crippen LogP contribution in [-0.2, 0) is 4.74 Å². The van der Waals surface area contributed by atoms with Crippen LogP contribution in [0.4, 0.5) is 10.7 Å². The highest BCUT2D eigenvalue weighted by Crippen LogP contribution is 2.72. The van der Waals surface area contributed by atoms with Crippen LogP contribution in [0.25, 0.3) is 11.0 Å². The number of carbonyl (C=O) groups is 2. The van der Waals surface area contributed by atoms with Crippen molar-refractivity contribution in [2.45, 2.75) is 126 Å². The minimum Gasteiger partial charge on any atom is -0.453 e. The fourth-order valence-corrected chi connectivity index (χ4v) is 11.6. The number of ether oxygens (including phenoxy) is 1. The minimum absolute atomic E-state index is 0.0465. The number of nitrogens with one attached hydrogen (secondary N) is 2. The van der Waals surface area contributed by atoms with Crippen LogP contribution in [0.5, 0.6) is 0 Å². The van der Waals surface area contributed by atoms with Crippen LogP contribution in [-0.4, -0.2) is 40.2 Å². The molecule has 4 aliphatic rings. The van der Waals surface area contributed by atoms with Crippen molar-refractivity contribution < 1.29 is 19.4 Å². The molecular weight excluding hydrogens is 659 g/mol. The molecule has 0 radical (unpaired) electrons. The molecule has 7 heteroatoms. The van der Waals surface area contributed by atoms with Crippen molar-refractivity contribution in [2.75, 3.05) is 12.4 Å². The maximum atomic E-state index is 12.4. The molecule has 2 saturated carbocycles. The number of rotatable bonds is 7. The summed E-state index contributed by atoms with van der Waals surface area (Å²) in [4.78, 5) is 30.7. The summed E-state index contributed by atoms with van der Waals surface area (Å²) in [5.74, 6) is 2.52. The fraction of sp³-hybridized carbons (Fsp3) is 0.587. The first-order valence-corrected chi connectivity index (χ1v) is 20.0. The van der Waals surface area contributed by atoms with E-state index in [1.807, 2.05) is 29.3 Å². The van der Waals surface area contributed by atoms with E-state index in [4.69, 9.17) is 0 Å². The number of ketones is 1. The number of aliphatic hydroxyl groups excluding tert-OH is 1. The van der Waals surface area contributed by atoms with Gasteiger partial charge in [0.15, 0.2) is 5.78 Å². The number of fused-ring (bicyclic) bond motifs is 5. The van der Waals surface area contributed by atoms with Gasteiger partial charge in [-0.1, -0.05) is 94.7 Å². The molecule has 4 aliphatic carbocycles. The molecule has 2 fully saturated rings. The van der Waals surface area contributed by atoms with E-state index in [0.717, 1.165) is 18.3 Å². The van der Waals surface area contributed by atoms with Gasteiger partial charge in [-0.25, -0.2) is 9.78 Å². The summed E-state index contributed by atoms with van der Waals surface area (Å²) >= 11 is 0. The Bertz CT molecular complexity index is 1890. The van der Waals surface area contributed by atoms with E-state index < -0.39 is 6.09 Å². The van der Waals surface area contributed by atoms with Gasteiger partial charge >= 0.3 is 6.09 Å². The molecule has 7 unspecified atom stereocenters. The number of nitrogens with zero attached hydrogens (tertiary/aromatic N) is 1. The molecule has 7 nitrogen and oxygen atoms in total. The fourth-order valence-electron chi connectivity index (χ4n) is 11.6. The van der Waals surface area contributed by atoms with Gasteiger partial charge < -0.3 is 14.8 Å². The third-order valence-corrected chi connectivity index (χ3v) is 14.8. The molecule has 53 heavy (non-hydrogen) atoms. The largest absolute Gasteiger partial charge is 0.453 e. The maximum absolute atomic E-state index is 12.4. The molecule has 0 bridgehead atoms. The van der Waals surface area contributed by atoms with Gasteiger partial charge in [-0.05, 0) is 136 Å². The van der Waals surface area contributed by atoms with Crippen LogP contribution in [0.1, 0.15) is 136 Å². The molecule has 0 saturated heterocycles. The van der Waals surface area contributed by atoms with E-state index in [-0.39, 0.29) is 23.3 Å². The number of carbonyl (C=O) groups excluding carboxylic acids is 2. The first kappa shape index (κ1) is 39.0. The lowest BCUT2D eigenvalue weighted by atomic mass is 9.43. The Morgan fingerprint density at radius 1 is 0.962 bits per heavy atom. The first-order valence-electron chi connectivity index (χ1n) is 20.0. The van der Waals surface area contributed by atoms with Crippen LogP contribution in [0.2, 0.25) is 0 Å². The number of aromatic nitrogens is 2. The van der Waals surface area contributed by atoms with Crippen molar-refractivity contribution in [1.82, 2.24) is 9.97 Å². The summed E-state index contributed by atoms with van der Waals surface area (Å²) in [5, 5.41) is 13.3. The molecule has 1 aromatic heterocycles. The standard InChI is InChI=1S/C30H50O.C16H13N3O3/c1-20(2)10-9-11-21(3)22-14-18-30(8)24-12-13-25-27(4,5)26(31)16-17-28(25,6)23(24)15-19-29(22,30)7;1-22-16(21)19-15-17-12-8-7-11(9-13(12)18-15)14(20)10-5-3-2-4-6-10/h10,21-22,25-26,31H,9,11-19H2,1-8H3;2-9H,1H3,(H2,17,18,19,21). The van der Waals surface area contributed by atoms with E-state index in [9.17, 15) is 14.7 Å². The normalized spacial score (nSPS) is 30.6. The Kier molecular flexibility index (Phi) is 10.9. The van der Waals surface area contributed by atoms with E-state index in [0.29, 0.717) is 44.3 Å². The number of allylic oxidation sites excluding steroid dienone is 4. The number of anilines is 1. The zero-order chi connectivity index (χ0) is 38.3. The summed E-state index contributed by atoms with van der Waals surface area (Å²) in [6.45, 7) is 19.6. The molecule has 1 heterocycles. The van der Waals surface area contributed by atoms with Crippen molar-refractivity contribution in [3.05, 3.63) is 82.5 Å². The number of aliphatic hydroxyl groups is 1. The average molecular weight is 722 g/mol. The number of aromatic amines is 1. The van der Waals surface area contributed by atoms with Gasteiger partial charge in [0, 0.05) is 11.1 Å². The Hall–Kier alpha value is -3.71. The SMILES string of the molecule is CC(C)=CCCC(C)C1CCC2(C)C3=C(CCC12C)C1(C)CCC(O)C(C)(C)C1CC3.COC(=O)Nc1nc2ccc(C(=O)c3ccccc3)cc2[nH]1. The predicted molar refractivity (Wildman–Crippen MR) is 215 cm³/mol. The van der Waals surface area contributed by atoms with Gasteiger partial charge in [-0.3, -0.25) is 10.1 Å². The van der Waals surface area contributed by atoms with Gasteiger partial charge in [0.1, 0.15) is 0 Å². The lowest BCUT2D eigenvalue weighted by molar-refractivity contribution is -0.0962. The summed E-state index contributed by atoms with van der Waals surface area (Å²) in [7, 11) is 1.27. The van der Waals surface area contributed by atoms with Gasteiger partial charge in [-0.2, -0.15) is 0 Å². The average Bonchev–Trinajstić information content (AvgIpc) is 3.66. The van der Waals surface area contributed by atoms with Crippen LogP contribution in [0.15, 0.2) is 71.3 Å². The van der Waals surface area contributed by atoms with Crippen LogP contribution in [0, 0.1) is 39.4 Å². The predicted octanol–water partition coefficient (Wildman–Crippen LogP) is 11.5. The number of hydrogen-bond acceptors (Lipinski definition) is 5. The summed E-state index contributed by atoms with van der Waals surface area (Å²) in [6.07, 6.45) is 14.6. The Labute approximate surface area is 317 Å². The highest BCUT2D eigenvalue weighted by atomic mass is 16.5. The molecular formula is C46H63N3O4. The van der Waals surface area contributed by atoms with E-state index >= 15 is 0 Å². The van der Waals surface area contributed by atoms with E-state index in [1.165, 1.54) is 70.5 Å². The van der Waals surface area contributed by atoms with Gasteiger partial charge in [-0.15, -0.1) is 0 Å². The van der Waals surface area contributed by atoms with Gasteiger partial charge in [0.05, 0.1) is 24.2 Å². The second kappa shape index (κ2) is 14.8. The van der Waals surface area contributed by atoms with Crippen molar-refractivity contribution in [2.24, 2.45) is 39.4 Å². The minimum atomic E-state index is -0.611. The maximum Gasteiger partial charge on any atom is 0.413 e. The second-order valence-electron chi connectivity index (χ2n) is 18.2. The lowest BCUT2D eigenvalue weighted by Crippen LogP contribution is -2.55. The molecule has 0 aliphatic heterocycles. The number of imidazole rings is 1. The molecule has 0 spiro atoms. The molecule has 286 valence electrons. The molecule has 2 aromatic carbocycles. The Balaban J connectivity index is 0.000000192. The monoisotopic (exact) mass is 721 g/mol. The highest BCUT2D eigenvalue weighted by molar-refractivity contribution is 6.10. The van der Waals surface area contributed by atoms with Gasteiger partial charge in [0.25, 0.3) is 0 Å². The smallest absolute Gasteiger partial charge is 0.413 e. The van der Waals surface area contributed by atoms with Crippen LogP contribution in [0.3, 0.4) is 0 Å². The third kappa shape index (κ3) is 7.03. The van der Waals surface area contributed by atoms with Crippen LogP contribution < -0.4 is 5.32 Å². The van der Waals surface area contributed by atoms with E-state index in [1.54, 1.807) is 30.3 Å². The second-order valence-corrected chi connectivity index (χ2v) is 18.2. The zero-order valence-electron chi connectivity index (χ0n) is 33.7. The van der Waals surface area contributed by atoms with Crippen molar-refractivity contribution in [3.8, 4) is 0 Å². The highest BCUT2D eigenvalue weighted by Gasteiger charge is 2.63. The number of methoxy groups -OCH3 is 1. The lowest BCUT2D eigenvalue weighted by Gasteiger charge is -2.62.